The molecule has 0 unspecified atom stereocenters. The minimum absolute atomic E-state index is 0.318. The zero-order chi connectivity index (χ0) is 12.3. The van der Waals surface area contributed by atoms with Crippen LogP contribution in [0.1, 0.15) is 43.5 Å². The van der Waals surface area contributed by atoms with Gasteiger partial charge in [-0.2, -0.15) is 0 Å². The molecule has 0 atom stereocenters. The van der Waals surface area contributed by atoms with Crippen molar-refractivity contribution in [3.05, 3.63) is 23.5 Å². The summed E-state index contributed by atoms with van der Waals surface area (Å²) in [6.45, 7) is 2.71. The summed E-state index contributed by atoms with van der Waals surface area (Å²) in [6.07, 6.45) is 6.61. The molecule has 3 nitrogen and oxygen atoms in total. The van der Waals surface area contributed by atoms with Crippen LogP contribution in [0.5, 0.6) is 5.75 Å². The van der Waals surface area contributed by atoms with E-state index in [1.807, 2.05) is 13.0 Å². The Hall–Kier alpha value is -1.09. The lowest BCUT2D eigenvalue weighted by Crippen LogP contribution is -2.33. The summed E-state index contributed by atoms with van der Waals surface area (Å²) in [6, 6.07) is 4.25. The SMILES string of the molecule is Cc1ccc(O)c(CN(C)C2CCCCC2)n1. The van der Waals surface area contributed by atoms with Gasteiger partial charge in [-0.15, -0.1) is 0 Å². The normalized spacial score (nSPS) is 17.6. The lowest BCUT2D eigenvalue weighted by Gasteiger charge is -2.31. The van der Waals surface area contributed by atoms with Crippen LogP contribution in [-0.4, -0.2) is 28.1 Å². The molecule has 2 rings (SSSR count). The van der Waals surface area contributed by atoms with E-state index < -0.39 is 0 Å². The topological polar surface area (TPSA) is 36.4 Å². The summed E-state index contributed by atoms with van der Waals surface area (Å²) in [5, 5.41) is 9.79. The number of aromatic nitrogens is 1. The summed E-state index contributed by atoms with van der Waals surface area (Å²) < 4.78 is 0. The predicted molar refractivity (Wildman–Crippen MR) is 69.0 cm³/mol. The Morgan fingerprint density at radius 3 is 2.71 bits per heavy atom. The van der Waals surface area contributed by atoms with E-state index in [0.29, 0.717) is 11.8 Å². The van der Waals surface area contributed by atoms with Gasteiger partial charge in [0.2, 0.25) is 0 Å². The predicted octanol–water partition coefficient (Wildman–Crippen LogP) is 2.86. The lowest BCUT2D eigenvalue weighted by molar-refractivity contribution is 0.181. The quantitative estimate of drug-likeness (QED) is 0.873. The summed E-state index contributed by atoms with van der Waals surface area (Å²) in [4.78, 5) is 6.75. The Labute approximate surface area is 103 Å². The van der Waals surface area contributed by atoms with E-state index in [0.717, 1.165) is 17.9 Å². The Bertz CT molecular complexity index is 372. The Kier molecular flexibility index (Phi) is 4.00. The molecular weight excluding hydrogens is 212 g/mol. The third-order valence-corrected chi connectivity index (χ3v) is 3.69. The van der Waals surface area contributed by atoms with E-state index in [-0.39, 0.29) is 0 Å². The van der Waals surface area contributed by atoms with E-state index in [2.05, 4.69) is 16.9 Å². The molecule has 1 aromatic heterocycles. The smallest absolute Gasteiger partial charge is 0.138 e. The van der Waals surface area contributed by atoms with Crippen molar-refractivity contribution in [3.8, 4) is 5.75 Å². The fourth-order valence-corrected chi connectivity index (χ4v) is 2.61. The molecule has 1 aromatic rings. The number of nitrogens with zero attached hydrogens (tertiary/aromatic N) is 2. The van der Waals surface area contributed by atoms with E-state index in [9.17, 15) is 5.11 Å². The maximum absolute atomic E-state index is 9.79. The molecule has 0 amide bonds. The molecule has 1 heterocycles. The largest absolute Gasteiger partial charge is 0.506 e. The van der Waals surface area contributed by atoms with Crippen molar-refractivity contribution in [1.29, 1.82) is 0 Å². The lowest BCUT2D eigenvalue weighted by atomic mass is 9.94. The molecule has 1 aliphatic carbocycles. The molecule has 94 valence electrons. The van der Waals surface area contributed by atoms with Crippen LogP contribution in [0.2, 0.25) is 0 Å². The van der Waals surface area contributed by atoms with Crippen molar-refractivity contribution in [2.75, 3.05) is 7.05 Å². The van der Waals surface area contributed by atoms with Gasteiger partial charge in [-0.3, -0.25) is 9.88 Å². The average Bonchev–Trinajstić information content (AvgIpc) is 2.35. The third kappa shape index (κ3) is 3.19. The molecule has 17 heavy (non-hydrogen) atoms. The van der Waals surface area contributed by atoms with Gasteiger partial charge in [-0.25, -0.2) is 0 Å². The second-order valence-electron chi connectivity index (χ2n) is 5.13. The highest BCUT2D eigenvalue weighted by atomic mass is 16.3. The highest BCUT2D eigenvalue weighted by Crippen LogP contribution is 2.24. The molecule has 1 N–H and O–H groups in total. The van der Waals surface area contributed by atoms with Crippen LogP contribution in [0, 0.1) is 6.92 Å². The molecule has 1 aliphatic rings. The molecule has 0 saturated heterocycles. The molecule has 3 heteroatoms. The number of aromatic hydroxyl groups is 1. The first-order valence-electron chi connectivity index (χ1n) is 6.52. The van der Waals surface area contributed by atoms with Crippen LogP contribution in [0.3, 0.4) is 0 Å². The van der Waals surface area contributed by atoms with Crippen molar-refractivity contribution < 1.29 is 5.11 Å². The number of rotatable bonds is 3. The summed E-state index contributed by atoms with van der Waals surface area (Å²) in [5.74, 6) is 0.318. The summed E-state index contributed by atoms with van der Waals surface area (Å²) in [5.41, 5.74) is 1.77. The van der Waals surface area contributed by atoms with Gasteiger partial charge in [-0.05, 0) is 38.9 Å². The molecule has 1 fully saturated rings. The minimum atomic E-state index is 0.318. The third-order valence-electron chi connectivity index (χ3n) is 3.69. The zero-order valence-electron chi connectivity index (χ0n) is 10.8. The second-order valence-corrected chi connectivity index (χ2v) is 5.13. The molecule has 0 radical (unpaired) electrons. The number of hydrogen-bond acceptors (Lipinski definition) is 3. The van der Waals surface area contributed by atoms with Crippen LogP contribution in [-0.2, 0) is 6.54 Å². The van der Waals surface area contributed by atoms with E-state index >= 15 is 0 Å². The highest BCUT2D eigenvalue weighted by Gasteiger charge is 2.19. The molecule has 1 saturated carbocycles. The molecule has 0 bridgehead atoms. The van der Waals surface area contributed by atoms with Crippen LogP contribution >= 0.6 is 0 Å². The molecular formula is C14H22N2O. The fraction of sp³-hybridized carbons (Fsp3) is 0.643. The Morgan fingerprint density at radius 2 is 2.00 bits per heavy atom. The van der Waals surface area contributed by atoms with E-state index in [4.69, 9.17) is 0 Å². The van der Waals surface area contributed by atoms with Gasteiger partial charge in [0.1, 0.15) is 5.75 Å². The van der Waals surface area contributed by atoms with Gasteiger partial charge >= 0.3 is 0 Å². The first kappa shape index (κ1) is 12.4. The van der Waals surface area contributed by atoms with Gasteiger partial charge in [0, 0.05) is 18.3 Å². The monoisotopic (exact) mass is 234 g/mol. The Morgan fingerprint density at radius 1 is 1.29 bits per heavy atom. The van der Waals surface area contributed by atoms with E-state index in [1.54, 1.807) is 6.07 Å². The van der Waals surface area contributed by atoms with Gasteiger partial charge in [0.05, 0.1) is 5.69 Å². The maximum Gasteiger partial charge on any atom is 0.138 e. The number of pyridine rings is 1. The van der Waals surface area contributed by atoms with Crippen LogP contribution in [0.25, 0.3) is 0 Å². The maximum atomic E-state index is 9.79. The highest BCUT2D eigenvalue weighted by molar-refractivity contribution is 5.27. The van der Waals surface area contributed by atoms with Crippen LogP contribution in [0.15, 0.2) is 12.1 Å². The van der Waals surface area contributed by atoms with Gasteiger partial charge in [0.25, 0.3) is 0 Å². The number of aryl methyl sites for hydroxylation is 1. The van der Waals surface area contributed by atoms with Crippen molar-refractivity contribution in [3.63, 3.8) is 0 Å². The van der Waals surface area contributed by atoms with Gasteiger partial charge < -0.3 is 5.11 Å². The van der Waals surface area contributed by atoms with Crippen LogP contribution < -0.4 is 0 Å². The molecule has 0 aromatic carbocycles. The fourth-order valence-electron chi connectivity index (χ4n) is 2.61. The number of hydrogen-bond donors (Lipinski definition) is 1. The van der Waals surface area contributed by atoms with Crippen molar-refractivity contribution in [1.82, 2.24) is 9.88 Å². The summed E-state index contributed by atoms with van der Waals surface area (Å²) in [7, 11) is 2.14. The summed E-state index contributed by atoms with van der Waals surface area (Å²) >= 11 is 0. The van der Waals surface area contributed by atoms with Gasteiger partial charge in [-0.1, -0.05) is 19.3 Å². The Balaban J connectivity index is 2.01. The minimum Gasteiger partial charge on any atom is -0.506 e. The average molecular weight is 234 g/mol. The molecule has 0 aliphatic heterocycles. The standard InChI is InChI=1S/C14H22N2O/c1-11-8-9-14(17)13(15-11)10-16(2)12-6-4-3-5-7-12/h8-9,12,17H,3-7,10H2,1-2H3. The van der Waals surface area contributed by atoms with Crippen molar-refractivity contribution >= 4 is 0 Å². The van der Waals surface area contributed by atoms with Gasteiger partial charge in [0.15, 0.2) is 0 Å². The zero-order valence-corrected chi connectivity index (χ0v) is 10.8. The first-order valence-corrected chi connectivity index (χ1v) is 6.52. The van der Waals surface area contributed by atoms with Crippen molar-refractivity contribution in [2.24, 2.45) is 0 Å². The second kappa shape index (κ2) is 5.50. The van der Waals surface area contributed by atoms with Crippen molar-refractivity contribution in [2.45, 2.75) is 51.6 Å². The van der Waals surface area contributed by atoms with E-state index in [1.165, 1.54) is 32.1 Å². The first-order chi connectivity index (χ1) is 8.16. The van der Waals surface area contributed by atoms with Crippen LogP contribution in [0.4, 0.5) is 0 Å². The molecule has 0 spiro atoms.